The van der Waals surface area contributed by atoms with Crippen LogP contribution >= 0.6 is 0 Å². The van der Waals surface area contributed by atoms with E-state index >= 15 is 0 Å². The van der Waals surface area contributed by atoms with Crippen LogP contribution in [0.4, 0.5) is 10.5 Å². The van der Waals surface area contributed by atoms with Crippen LogP contribution in [0.1, 0.15) is 24.4 Å². The Labute approximate surface area is 170 Å². The molecule has 0 unspecified atom stereocenters. The van der Waals surface area contributed by atoms with E-state index in [0.29, 0.717) is 18.3 Å². The fraction of sp³-hybridized carbons (Fsp3) is 0.364. The molecule has 0 saturated carbocycles. The summed E-state index contributed by atoms with van der Waals surface area (Å²) in [6, 6.07) is 12.2. The fourth-order valence-corrected chi connectivity index (χ4v) is 3.90. The Morgan fingerprint density at radius 3 is 2.79 bits per heavy atom. The second kappa shape index (κ2) is 8.53. The van der Waals surface area contributed by atoms with Gasteiger partial charge in [0.1, 0.15) is 5.75 Å². The highest BCUT2D eigenvalue weighted by Crippen LogP contribution is 2.28. The number of likely N-dealkylation sites (tertiary alicyclic amines) is 1. The number of benzene rings is 2. The number of aromatic nitrogens is 2. The molecule has 7 heteroatoms. The zero-order valence-electron chi connectivity index (χ0n) is 16.9. The van der Waals surface area contributed by atoms with Crippen LogP contribution in [0.3, 0.4) is 0 Å². The van der Waals surface area contributed by atoms with Gasteiger partial charge in [-0.05, 0) is 49.8 Å². The molecule has 0 spiro atoms. The second-order valence-corrected chi connectivity index (χ2v) is 7.52. The van der Waals surface area contributed by atoms with Crippen LogP contribution in [0.5, 0.6) is 5.75 Å². The number of carbonyl (C=O) groups is 1. The number of ether oxygens (including phenoxy) is 1. The molecular formula is C22H27N5O2. The maximum Gasteiger partial charge on any atom is 0.319 e. The molecular weight excluding hydrogens is 366 g/mol. The molecule has 1 aromatic heterocycles. The highest BCUT2D eigenvalue weighted by Gasteiger charge is 2.19. The molecule has 1 aliphatic rings. The zero-order chi connectivity index (χ0) is 20.2. The average molecular weight is 393 g/mol. The first-order valence-electron chi connectivity index (χ1n) is 9.96. The molecule has 3 aromatic rings. The van der Waals surface area contributed by atoms with Crippen LogP contribution in [0.25, 0.3) is 10.8 Å². The van der Waals surface area contributed by atoms with Crippen molar-refractivity contribution in [1.82, 2.24) is 20.0 Å². The monoisotopic (exact) mass is 393 g/mol. The quantitative estimate of drug-likeness (QED) is 0.694. The van der Waals surface area contributed by atoms with Crippen LogP contribution in [0.15, 0.2) is 48.8 Å². The molecule has 2 aromatic carbocycles. The number of carbonyl (C=O) groups excluding carboxylic acids is 1. The van der Waals surface area contributed by atoms with Gasteiger partial charge in [-0.25, -0.2) is 4.79 Å². The van der Waals surface area contributed by atoms with Crippen LogP contribution in [-0.2, 0) is 6.54 Å². The lowest BCUT2D eigenvalue weighted by molar-refractivity contribution is 0.212. The Balaban J connectivity index is 1.39. The lowest BCUT2D eigenvalue weighted by Crippen LogP contribution is -2.31. The van der Waals surface area contributed by atoms with E-state index in [2.05, 4.69) is 33.7 Å². The van der Waals surface area contributed by atoms with Crippen molar-refractivity contribution in [3.63, 3.8) is 0 Å². The Bertz CT molecular complexity index is 992. The molecule has 1 fully saturated rings. The Morgan fingerprint density at radius 2 is 2.00 bits per heavy atom. The summed E-state index contributed by atoms with van der Waals surface area (Å²) in [5.74, 6) is 0.763. The number of methoxy groups -OCH3 is 1. The van der Waals surface area contributed by atoms with E-state index < -0.39 is 0 Å². The summed E-state index contributed by atoms with van der Waals surface area (Å²) in [6.45, 7) is 2.51. The summed E-state index contributed by atoms with van der Waals surface area (Å²) in [5, 5.41) is 12.4. The third-order valence-electron chi connectivity index (χ3n) is 5.56. The summed E-state index contributed by atoms with van der Waals surface area (Å²) in [7, 11) is 3.78. The van der Waals surface area contributed by atoms with Gasteiger partial charge in [-0.3, -0.25) is 4.68 Å². The molecule has 1 saturated heterocycles. The van der Waals surface area contributed by atoms with E-state index in [0.717, 1.165) is 48.0 Å². The van der Waals surface area contributed by atoms with Crippen molar-refractivity contribution in [3.8, 4) is 5.75 Å². The third kappa shape index (κ3) is 4.35. The lowest BCUT2D eigenvalue weighted by atomic mass is 10.0. The zero-order valence-corrected chi connectivity index (χ0v) is 16.9. The first-order chi connectivity index (χ1) is 14.1. The van der Waals surface area contributed by atoms with Gasteiger partial charge in [0.2, 0.25) is 0 Å². The maximum absolute atomic E-state index is 12.4. The Hall–Kier alpha value is -3.06. The molecule has 0 bridgehead atoms. The standard InChI is InChI=1S/C22H27N5O2/c1-26-11-9-18(10-12-26)27-15-17(13-24-27)25-22(28)23-14-20-19-6-4-3-5-16(19)7-8-21(20)29-2/h3-8,13,15,18H,9-12,14H2,1-2H3,(H2,23,25,28). The van der Waals surface area contributed by atoms with E-state index in [4.69, 9.17) is 4.74 Å². The summed E-state index contributed by atoms with van der Waals surface area (Å²) in [4.78, 5) is 14.8. The van der Waals surface area contributed by atoms with E-state index in [-0.39, 0.29) is 6.03 Å². The lowest BCUT2D eigenvalue weighted by Gasteiger charge is -2.28. The van der Waals surface area contributed by atoms with Crippen molar-refractivity contribution >= 4 is 22.5 Å². The number of fused-ring (bicyclic) bond motifs is 1. The van der Waals surface area contributed by atoms with E-state index in [9.17, 15) is 4.79 Å². The molecule has 2 amide bonds. The molecule has 7 nitrogen and oxygen atoms in total. The summed E-state index contributed by atoms with van der Waals surface area (Å²) >= 11 is 0. The van der Waals surface area contributed by atoms with Gasteiger partial charge in [0.05, 0.1) is 25.0 Å². The van der Waals surface area contributed by atoms with Crippen molar-refractivity contribution in [2.45, 2.75) is 25.4 Å². The normalized spacial score (nSPS) is 15.4. The van der Waals surface area contributed by atoms with Crippen molar-refractivity contribution in [2.75, 3.05) is 32.6 Å². The average Bonchev–Trinajstić information content (AvgIpc) is 3.20. The number of urea groups is 1. The smallest absolute Gasteiger partial charge is 0.319 e. The van der Waals surface area contributed by atoms with Crippen molar-refractivity contribution < 1.29 is 9.53 Å². The Kier molecular flexibility index (Phi) is 5.67. The molecule has 2 heterocycles. The molecule has 0 aliphatic carbocycles. The minimum atomic E-state index is -0.261. The van der Waals surface area contributed by atoms with Gasteiger partial charge in [-0.1, -0.05) is 30.3 Å². The number of rotatable bonds is 5. The number of hydrogen-bond acceptors (Lipinski definition) is 4. The van der Waals surface area contributed by atoms with Crippen LogP contribution in [0, 0.1) is 0 Å². The third-order valence-corrected chi connectivity index (χ3v) is 5.56. The first-order valence-corrected chi connectivity index (χ1v) is 9.96. The second-order valence-electron chi connectivity index (χ2n) is 7.52. The number of amides is 2. The van der Waals surface area contributed by atoms with Crippen molar-refractivity contribution in [2.24, 2.45) is 0 Å². The topological polar surface area (TPSA) is 71.4 Å². The van der Waals surface area contributed by atoms with Gasteiger partial charge in [0.25, 0.3) is 0 Å². The predicted molar refractivity (Wildman–Crippen MR) is 114 cm³/mol. The van der Waals surface area contributed by atoms with Gasteiger partial charge < -0.3 is 20.3 Å². The molecule has 2 N–H and O–H groups in total. The van der Waals surface area contributed by atoms with Crippen molar-refractivity contribution in [1.29, 1.82) is 0 Å². The van der Waals surface area contributed by atoms with Gasteiger partial charge in [0.15, 0.2) is 0 Å². The van der Waals surface area contributed by atoms with Gasteiger partial charge in [-0.2, -0.15) is 5.10 Å². The molecule has 29 heavy (non-hydrogen) atoms. The van der Waals surface area contributed by atoms with Crippen LogP contribution in [-0.4, -0.2) is 48.0 Å². The maximum atomic E-state index is 12.4. The molecule has 1 aliphatic heterocycles. The minimum absolute atomic E-state index is 0.261. The Morgan fingerprint density at radius 1 is 1.21 bits per heavy atom. The minimum Gasteiger partial charge on any atom is -0.496 e. The number of piperidine rings is 1. The number of nitrogens with one attached hydrogen (secondary N) is 2. The molecule has 0 radical (unpaired) electrons. The highest BCUT2D eigenvalue weighted by atomic mass is 16.5. The van der Waals surface area contributed by atoms with E-state index in [1.165, 1.54) is 0 Å². The largest absolute Gasteiger partial charge is 0.496 e. The van der Waals surface area contributed by atoms with Gasteiger partial charge >= 0.3 is 6.03 Å². The van der Waals surface area contributed by atoms with Crippen molar-refractivity contribution in [3.05, 3.63) is 54.4 Å². The number of nitrogens with zero attached hydrogens (tertiary/aromatic N) is 3. The molecule has 4 rings (SSSR count). The number of anilines is 1. The summed E-state index contributed by atoms with van der Waals surface area (Å²) in [5.41, 5.74) is 1.66. The van der Waals surface area contributed by atoms with Gasteiger partial charge in [0, 0.05) is 18.3 Å². The molecule has 0 atom stereocenters. The first kappa shape index (κ1) is 19.3. The number of hydrogen-bond donors (Lipinski definition) is 2. The predicted octanol–water partition coefficient (Wildman–Crippen LogP) is 3.63. The van der Waals surface area contributed by atoms with Crippen LogP contribution in [0.2, 0.25) is 0 Å². The summed E-state index contributed by atoms with van der Waals surface area (Å²) in [6.07, 6.45) is 5.76. The van der Waals surface area contributed by atoms with E-state index in [1.807, 2.05) is 41.2 Å². The van der Waals surface area contributed by atoms with E-state index in [1.54, 1.807) is 13.3 Å². The summed E-state index contributed by atoms with van der Waals surface area (Å²) < 4.78 is 7.46. The van der Waals surface area contributed by atoms with Crippen LogP contribution < -0.4 is 15.4 Å². The highest BCUT2D eigenvalue weighted by molar-refractivity contribution is 5.91. The van der Waals surface area contributed by atoms with Gasteiger partial charge in [-0.15, -0.1) is 0 Å². The SMILES string of the molecule is COc1ccc2ccccc2c1CNC(=O)Nc1cnn(C2CCN(C)CC2)c1. The fourth-order valence-electron chi connectivity index (χ4n) is 3.90. The molecule has 152 valence electrons.